The van der Waals surface area contributed by atoms with Crippen LogP contribution in [0.3, 0.4) is 0 Å². The maximum Gasteiger partial charge on any atom is 0.140 e. The zero-order valence-corrected chi connectivity index (χ0v) is 11.8. The number of fused-ring (bicyclic) bond motifs is 1. The number of likely N-dealkylation sites (tertiary alicyclic amines) is 1. The Labute approximate surface area is 114 Å². The predicted octanol–water partition coefficient (Wildman–Crippen LogP) is 2.54. The van der Waals surface area contributed by atoms with Gasteiger partial charge in [-0.15, -0.1) is 0 Å². The molecule has 1 fully saturated rings. The molecule has 0 saturated carbocycles. The molecule has 1 aliphatic heterocycles. The minimum absolute atomic E-state index is 0.563. The minimum Gasteiger partial charge on any atom is -0.497 e. The maximum absolute atomic E-state index is 5.24. The Hall–Kier alpha value is -1.55. The second kappa shape index (κ2) is 4.85. The molecule has 0 spiro atoms. The number of methoxy groups -OCH3 is 1. The van der Waals surface area contributed by atoms with Gasteiger partial charge < -0.3 is 14.0 Å². The molecule has 0 aromatic carbocycles. The van der Waals surface area contributed by atoms with E-state index in [1.807, 2.05) is 18.3 Å². The Morgan fingerprint density at radius 3 is 2.95 bits per heavy atom. The molecule has 1 aliphatic rings. The van der Waals surface area contributed by atoms with Crippen LogP contribution in [-0.2, 0) is 0 Å². The van der Waals surface area contributed by atoms with E-state index in [0.29, 0.717) is 12.0 Å². The van der Waals surface area contributed by atoms with Gasteiger partial charge in [-0.1, -0.05) is 0 Å². The van der Waals surface area contributed by atoms with Crippen LogP contribution in [-0.4, -0.2) is 40.5 Å². The van der Waals surface area contributed by atoms with Crippen LogP contribution in [0.15, 0.2) is 24.5 Å². The number of hydrogen-bond donors (Lipinski definition) is 0. The molecular formula is C15H21N3O. The SMILES string of the molecule is COc1ccn2cc(C3CCN(C(C)C)C3)nc2c1. The molecule has 0 amide bonds. The summed E-state index contributed by atoms with van der Waals surface area (Å²) in [4.78, 5) is 7.28. The predicted molar refractivity (Wildman–Crippen MR) is 75.8 cm³/mol. The van der Waals surface area contributed by atoms with Crippen molar-refractivity contribution in [3.05, 3.63) is 30.2 Å². The van der Waals surface area contributed by atoms with Crippen molar-refractivity contribution >= 4 is 5.65 Å². The van der Waals surface area contributed by atoms with Crippen molar-refractivity contribution in [3.8, 4) is 5.75 Å². The van der Waals surface area contributed by atoms with E-state index in [1.54, 1.807) is 7.11 Å². The molecule has 2 aromatic heterocycles. The zero-order chi connectivity index (χ0) is 13.4. The van der Waals surface area contributed by atoms with E-state index in [2.05, 4.69) is 29.3 Å². The lowest BCUT2D eigenvalue weighted by Crippen LogP contribution is -2.27. The van der Waals surface area contributed by atoms with Crippen LogP contribution < -0.4 is 4.74 Å². The van der Waals surface area contributed by atoms with Crippen molar-refractivity contribution in [2.75, 3.05) is 20.2 Å². The second-order valence-corrected chi connectivity index (χ2v) is 5.57. The van der Waals surface area contributed by atoms with Crippen LogP contribution in [0.4, 0.5) is 0 Å². The normalized spacial score (nSPS) is 20.5. The van der Waals surface area contributed by atoms with E-state index in [-0.39, 0.29) is 0 Å². The van der Waals surface area contributed by atoms with Gasteiger partial charge in [-0.05, 0) is 32.9 Å². The third kappa shape index (κ3) is 2.32. The standard InChI is InChI=1S/C15H21N3O/c1-11(2)17-6-4-12(9-17)14-10-18-7-5-13(19-3)8-15(18)16-14/h5,7-8,10-12H,4,6,9H2,1-3H3. The first-order valence-electron chi connectivity index (χ1n) is 6.94. The lowest BCUT2D eigenvalue weighted by atomic mass is 10.1. The van der Waals surface area contributed by atoms with Gasteiger partial charge in [0.1, 0.15) is 11.4 Å². The minimum atomic E-state index is 0.563. The Morgan fingerprint density at radius 2 is 2.26 bits per heavy atom. The average molecular weight is 259 g/mol. The monoisotopic (exact) mass is 259 g/mol. The highest BCUT2D eigenvalue weighted by atomic mass is 16.5. The number of imidazole rings is 1. The topological polar surface area (TPSA) is 29.8 Å². The van der Waals surface area contributed by atoms with Gasteiger partial charge in [0.15, 0.2) is 0 Å². The molecule has 1 saturated heterocycles. The maximum atomic E-state index is 5.24. The Balaban J connectivity index is 1.86. The van der Waals surface area contributed by atoms with E-state index in [1.165, 1.54) is 18.7 Å². The quantitative estimate of drug-likeness (QED) is 0.848. The lowest BCUT2D eigenvalue weighted by molar-refractivity contribution is 0.272. The van der Waals surface area contributed by atoms with Crippen molar-refractivity contribution in [1.29, 1.82) is 0 Å². The highest BCUT2D eigenvalue weighted by Crippen LogP contribution is 2.28. The van der Waals surface area contributed by atoms with Gasteiger partial charge in [0, 0.05) is 37.0 Å². The summed E-state index contributed by atoms with van der Waals surface area (Å²) >= 11 is 0. The fraction of sp³-hybridized carbons (Fsp3) is 0.533. The van der Waals surface area contributed by atoms with E-state index >= 15 is 0 Å². The molecule has 102 valence electrons. The largest absolute Gasteiger partial charge is 0.497 e. The molecule has 4 nitrogen and oxygen atoms in total. The zero-order valence-electron chi connectivity index (χ0n) is 11.8. The Bertz CT molecular complexity index is 576. The number of aromatic nitrogens is 2. The summed E-state index contributed by atoms with van der Waals surface area (Å²) in [5.74, 6) is 1.42. The van der Waals surface area contributed by atoms with Crippen LogP contribution in [0.1, 0.15) is 31.9 Å². The van der Waals surface area contributed by atoms with Crippen molar-refractivity contribution in [2.45, 2.75) is 32.2 Å². The smallest absolute Gasteiger partial charge is 0.140 e. The molecule has 19 heavy (non-hydrogen) atoms. The molecule has 0 bridgehead atoms. The van der Waals surface area contributed by atoms with Crippen LogP contribution in [0.2, 0.25) is 0 Å². The highest BCUT2D eigenvalue weighted by molar-refractivity contribution is 5.46. The van der Waals surface area contributed by atoms with Crippen molar-refractivity contribution < 1.29 is 4.74 Å². The first kappa shape index (κ1) is 12.5. The van der Waals surface area contributed by atoms with E-state index in [9.17, 15) is 0 Å². The molecule has 2 aromatic rings. The van der Waals surface area contributed by atoms with E-state index < -0.39 is 0 Å². The van der Waals surface area contributed by atoms with Crippen LogP contribution in [0, 0.1) is 0 Å². The van der Waals surface area contributed by atoms with Gasteiger partial charge in [-0.2, -0.15) is 0 Å². The van der Waals surface area contributed by atoms with Gasteiger partial charge in [-0.25, -0.2) is 4.98 Å². The summed E-state index contributed by atoms with van der Waals surface area (Å²) in [6.07, 6.45) is 5.38. The molecule has 4 heteroatoms. The molecule has 0 aliphatic carbocycles. The average Bonchev–Trinajstić information content (AvgIpc) is 3.04. The number of ether oxygens (including phenoxy) is 1. The molecule has 0 radical (unpaired) electrons. The fourth-order valence-electron chi connectivity index (χ4n) is 2.80. The summed E-state index contributed by atoms with van der Waals surface area (Å²) < 4.78 is 7.32. The molecule has 0 N–H and O–H groups in total. The third-order valence-corrected chi connectivity index (χ3v) is 4.05. The molecule has 1 atom stereocenters. The molecule has 3 rings (SSSR count). The van der Waals surface area contributed by atoms with Crippen LogP contribution in [0.5, 0.6) is 5.75 Å². The number of pyridine rings is 1. The van der Waals surface area contributed by atoms with E-state index in [4.69, 9.17) is 9.72 Å². The highest BCUT2D eigenvalue weighted by Gasteiger charge is 2.27. The molecule has 3 heterocycles. The van der Waals surface area contributed by atoms with Crippen molar-refractivity contribution in [2.24, 2.45) is 0 Å². The molecule has 1 unspecified atom stereocenters. The van der Waals surface area contributed by atoms with Gasteiger partial charge in [0.2, 0.25) is 0 Å². The third-order valence-electron chi connectivity index (χ3n) is 4.05. The summed E-state index contributed by atoms with van der Waals surface area (Å²) in [5, 5.41) is 0. The Morgan fingerprint density at radius 1 is 1.42 bits per heavy atom. The number of rotatable bonds is 3. The van der Waals surface area contributed by atoms with Gasteiger partial charge >= 0.3 is 0 Å². The summed E-state index contributed by atoms with van der Waals surface area (Å²) in [5.41, 5.74) is 2.17. The van der Waals surface area contributed by atoms with Gasteiger partial charge in [-0.3, -0.25) is 0 Å². The second-order valence-electron chi connectivity index (χ2n) is 5.57. The van der Waals surface area contributed by atoms with Gasteiger partial charge in [0.25, 0.3) is 0 Å². The molecular weight excluding hydrogens is 238 g/mol. The Kier molecular flexibility index (Phi) is 3.19. The van der Waals surface area contributed by atoms with Crippen LogP contribution in [0.25, 0.3) is 5.65 Å². The van der Waals surface area contributed by atoms with Crippen molar-refractivity contribution in [1.82, 2.24) is 14.3 Å². The summed E-state index contributed by atoms with van der Waals surface area (Å²) in [6.45, 7) is 6.83. The number of hydrogen-bond acceptors (Lipinski definition) is 3. The van der Waals surface area contributed by atoms with Crippen LogP contribution >= 0.6 is 0 Å². The fourth-order valence-corrected chi connectivity index (χ4v) is 2.80. The lowest BCUT2D eigenvalue weighted by Gasteiger charge is -2.19. The van der Waals surface area contributed by atoms with Crippen molar-refractivity contribution in [3.63, 3.8) is 0 Å². The van der Waals surface area contributed by atoms with Gasteiger partial charge in [0.05, 0.1) is 12.8 Å². The number of nitrogens with zero attached hydrogens (tertiary/aromatic N) is 3. The summed E-state index contributed by atoms with van der Waals surface area (Å²) in [7, 11) is 1.69. The van der Waals surface area contributed by atoms with E-state index in [0.717, 1.165) is 17.9 Å². The first-order valence-corrected chi connectivity index (χ1v) is 6.94. The first-order chi connectivity index (χ1) is 9.17. The summed E-state index contributed by atoms with van der Waals surface area (Å²) in [6, 6.07) is 4.58.